The van der Waals surface area contributed by atoms with E-state index >= 15 is 0 Å². The lowest BCUT2D eigenvalue weighted by atomic mass is 10.1. The number of ether oxygens (including phenoxy) is 1. The molecule has 0 aliphatic heterocycles. The zero-order valence-electron chi connectivity index (χ0n) is 11.0. The molecule has 0 radical (unpaired) electrons. The number of aromatic nitrogens is 2. The van der Waals surface area contributed by atoms with E-state index in [1.54, 1.807) is 7.11 Å². The molecule has 98 valence electrons. The average Bonchev–Trinajstić information content (AvgIpc) is 3.16. The van der Waals surface area contributed by atoms with Crippen LogP contribution < -0.4 is 5.73 Å². The minimum absolute atomic E-state index is 0.0425. The van der Waals surface area contributed by atoms with Crippen LogP contribution in [0.1, 0.15) is 55.3 Å². The number of nitrogens with two attached hydrogens (primary N) is 1. The molecular weight excluding hydrogens is 226 g/mol. The van der Waals surface area contributed by atoms with E-state index in [-0.39, 0.29) is 6.10 Å². The van der Waals surface area contributed by atoms with Gasteiger partial charge in [0, 0.05) is 18.4 Å². The van der Waals surface area contributed by atoms with Crippen molar-refractivity contribution in [2.75, 3.05) is 12.8 Å². The molecule has 2 N–H and O–H groups in total. The Morgan fingerprint density at radius 2 is 1.94 bits per heavy atom. The molecule has 1 saturated carbocycles. The lowest BCUT2D eigenvalue weighted by Crippen LogP contribution is -2.14. The molecule has 0 spiro atoms. The van der Waals surface area contributed by atoms with Crippen molar-refractivity contribution in [3.8, 4) is 0 Å². The molecule has 0 amide bonds. The summed E-state index contributed by atoms with van der Waals surface area (Å²) in [5.41, 5.74) is 8.46. The number of hydrogen-bond donors (Lipinski definition) is 1. The number of rotatable bonds is 3. The summed E-state index contributed by atoms with van der Waals surface area (Å²) in [5.74, 6) is 2.08. The molecule has 1 aromatic heterocycles. The largest absolute Gasteiger partial charge is 0.383 e. The monoisotopic (exact) mass is 247 g/mol. The van der Waals surface area contributed by atoms with Crippen LogP contribution in [0.15, 0.2) is 0 Å². The van der Waals surface area contributed by atoms with Gasteiger partial charge in [-0.1, -0.05) is 6.42 Å². The van der Waals surface area contributed by atoms with Crippen molar-refractivity contribution >= 4 is 5.82 Å². The summed E-state index contributed by atoms with van der Waals surface area (Å²) in [7, 11) is 1.74. The molecule has 1 heterocycles. The van der Waals surface area contributed by atoms with Crippen LogP contribution in [-0.4, -0.2) is 17.1 Å². The van der Waals surface area contributed by atoms with Crippen molar-refractivity contribution in [2.24, 2.45) is 5.92 Å². The van der Waals surface area contributed by atoms with E-state index in [0.29, 0.717) is 11.7 Å². The van der Waals surface area contributed by atoms with Gasteiger partial charge in [0.05, 0.1) is 0 Å². The zero-order chi connectivity index (χ0) is 12.5. The van der Waals surface area contributed by atoms with Gasteiger partial charge in [-0.25, -0.2) is 9.97 Å². The summed E-state index contributed by atoms with van der Waals surface area (Å²) >= 11 is 0. The second kappa shape index (κ2) is 4.84. The van der Waals surface area contributed by atoms with E-state index < -0.39 is 0 Å². The molecular formula is C14H21N3O. The van der Waals surface area contributed by atoms with E-state index in [4.69, 9.17) is 15.5 Å². The molecule has 0 saturated heterocycles. The van der Waals surface area contributed by atoms with Crippen molar-refractivity contribution in [1.82, 2.24) is 9.97 Å². The summed E-state index contributed by atoms with van der Waals surface area (Å²) in [6.45, 7) is 0. The maximum Gasteiger partial charge on any atom is 0.160 e. The van der Waals surface area contributed by atoms with Gasteiger partial charge >= 0.3 is 0 Å². The molecule has 0 bridgehead atoms. The minimum Gasteiger partial charge on any atom is -0.383 e. The van der Waals surface area contributed by atoms with E-state index in [1.165, 1.54) is 37.7 Å². The summed E-state index contributed by atoms with van der Waals surface area (Å²) in [6, 6.07) is 0. The summed E-state index contributed by atoms with van der Waals surface area (Å²) in [6.07, 6.45) is 8.23. The fourth-order valence-corrected chi connectivity index (χ4v) is 2.85. The second-order valence-corrected chi connectivity index (χ2v) is 5.45. The van der Waals surface area contributed by atoms with Crippen LogP contribution in [-0.2, 0) is 17.6 Å². The van der Waals surface area contributed by atoms with Gasteiger partial charge in [-0.05, 0) is 44.4 Å². The van der Waals surface area contributed by atoms with Crippen LogP contribution in [0.25, 0.3) is 0 Å². The number of methoxy groups -OCH3 is 1. The normalized spacial score (nSPS) is 21.2. The molecule has 2 aliphatic carbocycles. The fourth-order valence-electron chi connectivity index (χ4n) is 2.85. The fraction of sp³-hybridized carbons (Fsp3) is 0.714. The van der Waals surface area contributed by atoms with Crippen molar-refractivity contribution in [2.45, 2.75) is 51.0 Å². The van der Waals surface area contributed by atoms with Crippen LogP contribution >= 0.6 is 0 Å². The topological polar surface area (TPSA) is 61.0 Å². The first-order valence-electron chi connectivity index (χ1n) is 6.97. The highest BCUT2D eigenvalue weighted by molar-refractivity contribution is 5.43. The number of aryl methyl sites for hydroxylation is 1. The highest BCUT2D eigenvalue weighted by Crippen LogP contribution is 2.42. The van der Waals surface area contributed by atoms with Gasteiger partial charge in [-0.2, -0.15) is 0 Å². The predicted octanol–water partition coefficient (Wildman–Crippen LogP) is 2.43. The third-order valence-electron chi connectivity index (χ3n) is 4.04. The van der Waals surface area contributed by atoms with Crippen molar-refractivity contribution in [1.29, 1.82) is 0 Å². The van der Waals surface area contributed by atoms with E-state index in [2.05, 4.69) is 4.98 Å². The molecule has 1 atom stereocenters. The van der Waals surface area contributed by atoms with Gasteiger partial charge in [0.1, 0.15) is 11.9 Å². The first-order valence-corrected chi connectivity index (χ1v) is 6.97. The quantitative estimate of drug-likeness (QED) is 0.833. The Morgan fingerprint density at radius 1 is 1.17 bits per heavy atom. The van der Waals surface area contributed by atoms with Crippen LogP contribution in [0.4, 0.5) is 5.82 Å². The molecule has 1 unspecified atom stereocenters. The molecule has 18 heavy (non-hydrogen) atoms. The maximum absolute atomic E-state index is 6.12. The standard InChI is InChI=1S/C14H21N3O/c1-18-12(9-7-8-9)14-16-11-6-4-2-3-5-10(11)13(15)17-14/h9,12H,2-8H2,1H3,(H2,15,16,17). The minimum atomic E-state index is 0.0425. The summed E-state index contributed by atoms with van der Waals surface area (Å²) in [4.78, 5) is 9.25. The van der Waals surface area contributed by atoms with Crippen molar-refractivity contribution < 1.29 is 4.74 Å². The number of anilines is 1. The number of nitrogens with zero attached hydrogens (tertiary/aromatic N) is 2. The maximum atomic E-state index is 6.12. The average molecular weight is 247 g/mol. The number of fused-ring (bicyclic) bond motifs is 1. The van der Waals surface area contributed by atoms with Crippen LogP contribution in [0.2, 0.25) is 0 Å². The first-order chi connectivity index (χ1) is 8.79. The van der Waals surface area contributed by atoms with Gasteiger partial charge in [0.15, 0.2) is 5.82 Å². The van der Waals surface area contributed by atoms with Gasteiger partial charge in [-0.3, -0.25) is 0 Å². The third kappa shape index (κ3) is 2.21. The Bertz CT molecular complexity index is 443. The molecule has 2 aliphatic rings. The van der Waals surface area contributed by atoms with E-state index in [0.717, 1.165) is 24.4 Å². The smallest absolute Gasteiger partial charge is 0.160 e. The molecule has 3 rings (SSSR count). The van der Waals surface area contributed by atoms with Gasteiger partial charge in [0.25, 0.3) is 0 Å². The summed E-state index contributed by atoms with van der Waals surface area (Å²) < 4.78 is 5.56. The number of hydrogen-bond acceptors (Lipinski definition) is 4. The molecule has 1 fully saturated rings. The predicted molar refractivity (Wildman–Crippen MR) is 70.2 cm³/mol. The Morgan fingerprint density at radius 3 is 2.67 bits per heavy atom. The summed E-state index contributed by atoms with van der Waals surface area (Å²) in [5, 5.41) is 0. The first kappa shape index (κ1) is 11.9. The zero-order valence-corrected chi connectivity index (χ0v) is 11.0. The Hall–Kier alpha value is -1.16. The van der Waals surface area contributed by atoms with Gasteiger partial charge in [-0.15, -0.1) is 0 Å². The van der Waals surface area contributed by atoms with Crippen molar-refractivity contribution in [3.63, 3.8) is 0 Å². The third-order valence-corrected chi connectivity index (χ3v) is 4.04. The highest BCUT2D eigenvalue weighted by atomic mass is 16.5. The van der Waals surface area contributed by atoms with Crippen LogP contribution in [0, 0.1) is 5.92 Å². The Kier molecular flexibility index (Phi) is 3.20. The Balaban J connectivity index is 1.96. The lowest BCUT2D eigenvalue weighted by molar-refractivity contribution is 0.0771. The van der Waals surface area contributed by atoms with E-state index in [9.17, 15) is 0 Å². The van der Waals surface area contributed by atoms with E-state index in [1.807, 2.05) is 0 Å². The van der Waals surface area contributed by atoms with Crippen LogP contribution in [0.3, 0.4) is 0 Å². The SMILES string of the molecule is COC(c1nc(N)c2c(n1)CCCCC2)C1CC1. The van der Waals surface area contributed by atoms with Gasteiger partial charge < -0.3 is 10.5 Å². The van der Waals surface area contributed by atoms with Crippen molar-refractivity contribution in [3.05, 3.63) is 17.1 Å². The molecule has 0 aromatic carbocycles. The van der Waals surface area contributed by atoms with Crippen LogP contribution in [0.5, 0.6) is 0 Å². The lowest BCUT2D eigenvalue weighted by Gasteiger charge is -2.16. The van der Waals surface area contributed by atoms with Gasteiger partial charge in [0.2, 0.25) is 0 Å². The molecule has 1 aromatic rings. The molecule has 4 heteroatoms. The molecule has 4 nitrogen and oxygen atoms in total. The second-order valence-electron chi connectivity index (χ2n) is 5.45. The number of nitrogen functional groups attached to an aromatic ring is 1. The Labute approximate surface area is 108 Å². The highest BCUT2D eigenvalue weighted by Gasteiger charge is 2.35.